The largest absolute Gasteiger partial charge is 0.494 e. The van der Waals surface area contributed by atoms with Crippen LogP contribution in [0, 0.1) is 5.92 Å². The molecule has 0 unspecified atom stereocenters. The molecule has 0 saturated carbocycles. The highest BCUT2D eigenvalue weighted by Crippen LogP contribution is 2.23. The molecule has 1 saturated heterocycles. The number of hydrogen-bond donors (Lipinski definition) is 2. The summed E-state index contributed by atoms with van der Waals surface area (Å²) in [6, 6.07) is 23.6. The van der Waals surface area contributed by atoms with Crippen LogP contribution in [0.2, 0.25) is 0 Å². The van der Waals surface area contributed by atoms with Crippen LogP contribution in [0.25, 0.3) is 0 Å². The van der Waals surface area contributed by atoms with E-state index in [0.717, 1.165) is 61.9 Å². The highest BCUT2D eigenvalue weighted by molar-refractivity contribution is 6.02. The van der Waals surface area contributed by atoms with Gasteiger partial charge in [-0.1, -0.05) is 30.3 Å². The third-order valence-corrected chi connectivity index (χ3v) is 7.33. The molecule has 4 rings (SSSR count). The van der Waals surface area contributed by atoms with Crippen LogP contribution in [0.15, 0.2) is 83.9 Å². The molecule has 1 aliphatic heterocycles. The SMILES string of the molecule is Cl.NC(=O)c1ccc(OCCCN2CCC(CCCOc3ccc(C(N)=NC(=O)OCc4ccccc4)cc3)CC2)cc1. The summed E-state index contributed by atoms with van der Waals surface area (Å²) in [7, 11) is 0. The maximum absolute atomic E-state index is 12.0. The normalized spacial score (nSPS) is 14.0. The monoisotopic (exact) mass is 608 g/mol. The summed E-state index contributed by atoms with van der Waals surface area (Å²) in [6.07, 6.45) is 4.81. The molecule has 0 aliphatic carbocycles. The first-order valence-electron chi connectivity index (χ1n) is 14.5. The molecular formula is C33H41ClN4O5. The van der Waals surface area contributed by atoms with Crippen molar-refractivity contribution >= 4 is 30.2 Å². The number of ether oxygens (including phenoxy) is 3. The number of carbonyl (C=O) groups excluding carboxylic acids is 2. The molecule has 1 aliphatic rings. The zero-order chi connectivity index (χ0) is 29.6. The topological polar surface area (TPSA) is 129 Å². The molecule has 0 bridgehead atoms. The van der Waals surface area contributed by atoms with Crippen LogP contribution < -0.4 is 20.9 Å². The Hall–Kier alpha value is -4.08. The van der Waals surface area contributed by atoms with Crippen LogP contribution in [0.3, 0.4) is 0 Å². The Morgan fingerprint density at radius 2 is 1.37 bits per heavy atom. The summed E-state index contributed by atoms with van der Waals surface area (Å²) in [6.45, 7) is 4.71. The van der Waals surface area contributed by atoms with E-state index in [1.165, 1.54) is 12.8 Å². The Morgan fingerprint density at radius 1 is 0.791 bits per heavy atom. The molecule has 0 radical (unpaired) electrons. The lowest BCUT2D eigenvalue weighted by Gasteiger charge is -2.32. The summed E-state index contributed by atoms with van der Waals surface area (Å²) < 4.78 is 16.9. The number of nitrogens with two attached hydrogens (primary N) is 2. The van der Waals surface area contributed by atoms with Crippen LogP contribution in [0.1, 0.15) is 53.6 Å². The first-order valence-corrected chi connectivity index (χ1v) is 14.5. The maximum Gasteiger partial charge on any atom is 0.435 e. The summed E-state index contributed by atoms with van der Waals surface area (Å²) in [5.74, 6) is 1.92. The van der Waals surface area contributed by atoms with Crippen molar-refractivity contribution in [1.29, 1.82) is 0 Å². The molecule has 1 fully saturated rings. The third kappa shape index (κ3) is 11.6. The van der Waals surface area contributed by atoms with Gasteiger partial charge in [-0.25, -0.2) is 4.79 Å². The van der Waals surface area contributed by atoms with E-state index >= 15 is 0 Å². The van der Waals surface area contributed by atoms with E-state index in [2.05, 4.69) is 9.89 Å². The predicted octanol–water partition coefficient (Wildman–Crippen LogP) is 5.59. The number of primary amides is 1. The first kappa shape index (κ1) is 33.4. The van der Waals surface area contributed by atoms with E-state index in [1.54, 1.807) is 36.4 Å². The molecule has 10 heteroatoms. The van der Waals surface area contributed by atoms with E-state index < -0.39 is 12.0 Å². The van der Waals surface area contributed by atoms with Gasteiger partial charge in [-0.3, -0.25) is 4.79 Å². The van der Waals surface area contributed by atoms with Crippen molar-refractivity contribution < 1.29 is 23.8 Å². The maximum atomic E-state index is 12.0. The lowest BCUT2D eigenvalue weighted by atomic mass is 9.92. The number of hydrogen-bond acceptors (Lipinski definition) is 6. The zero-order valence-corrected chi connectivity index (χ0v) is 25.2. The minimum absolute atomic E-state index is 0. The first-order chi connectivity index (χ1) is 20.5. The van der Waals surface area contributed by atoms with Crippen molar-refractivity contribution in [2.24, 2.45) is 22.4 Å². The lowest BCUT2D eigenvalue weighted by Crippen LogP contribution is -2.35. The molecule has 0 aromatic heterocycles. The zero-order valence-electron chi connectivity index (χ0n) is 24.4. The van der Waals surface area contributed by atoms with E-state index in [9.17, 15) is 9.59 Å². The van der Waals surface area contributed by atoms with E-state index in [-0.39, 0.29) is 24.8 Å². The minimum atomic E-state index is -0.720. The fourth-order valence-corrected chi connectivity index (χ4v) is 4.89. The summed E-state index contributed by atoms with van der Waals surface area (Å²) in [5.41, 5.74) is 13.3. The van der Waals surface area contributed by atoms with Crippen LogP contribution in [0.5, 0.6) is 11.5 Å². The van der Waals surface area contributed by atoms with Gasteiger partial charge in [0, 0.05) is 17.7 Å². The van der Waals surface area contributed by atoms with Gasteiger partial charge in [-0.2, -0.15) is 4.99 Å². The average Bonchev–Trinajstić information content (AvgIpc) is 3.02. The Kier molecular flexibility index (Phi) is 13.8. The standard InChI is InChI=1S/C33H40N4O5.ClH/c34-31(36-33(39)42-24-26-6-2-1-3-7-26)27-9-13-29(14-10-27)40-22-4-8-25-17-20-37(21-18-25)19-5-23-41-30-15-11-28(12-16-30)32(35)38;/h1-3,6-7,9-16,25H,4-5,8,17-24H2,(H2,35,38)(H2,34,36,39);1H. The summed E-state index contributed by atoms with van der Waals surface area (Å²) in [4.78, 5) is 29.5. The highest BCUT2D eigenvalue weighted by atomic mass is 35.5. The van der Waals surface area contributed by atoms with Gasteiger partial charge in [0.05, 0.1) is 13.2 Å². The van der Waals surface area contributed by atoms with Gasteiger partial charge in [-0.05, 0) is 105 Å². The molecule has 0 spiro atoms. The summed E-state index contributed by atoms with van der Waals surface area (Å²) in [5, 5.41) is 0. The van der Waals surface area contributed by atoms with Gasteiger partial charge >= 0.3 is 6.09 Å². The van der Waals surface area contributed by atoms with Gasteiger partial charge < -0.3 is 30.6 Å². The number of piperidine rings is 1. The molecule has 1 heterocycles. The van der Waals surface area contributed by atoms with Crippen molar-refractivity contribution in [2.45, 2.75) is 38.7 Å². The van der Waals surface area contributed by atoms with E-state index in [0.29, 0.717) is 24.3 Å². The van der Waals surface area contributed by atoms with Crippen LogP contribution in [0.4, 0.5) is 4.79 Å². The van der Waals surface area contributed by atoms with Gasteiger partial charge in [0.25, 0.3) is 0 Å². The molecular weight excluding hydrogens is 568 g/mol. The molecule has 3 aromatic rings. The van der Waals surface area contributed by atoms with E-state index in [4.69, 9.17) is 25.7 Å². The Labute approximate surface area is 259 Å². The molecule has 230 valence electrons. The lowest BCUT2D eigenvalue weighted by molar-refractivity contribution is 0.1000. The van der Waals surface area contributed by atoms with Gasteiger partial charge in [0.1, 0.15) is 23.9 Å². The van der Waals surface area contributed by atoms with Crippen molar-refractivity contribution in [3.63, 3.8) is 0 Å². The molecule has 9 nitrogen and oxygen atoms in total. The number of nitrogens with zero attached hydrogens (tertiary/aromatic N) is 2. The second kappa shape index (κ2) is 17.8. The predicted molar refractivity (Wildman–Crippen MR) is 170 cm³/mol. The summed E-state index contributed by atoms with van der Waals surface area (Å²) >= 11 is 0. The average molecular weight is 609 g/mol. The smallest absolute Gasteiger partial charge is 0.435 e. The number of likely N-dealkylation sites (tertiary alicyclic amines) is 1. The second-order valence-electron chi connectivity index (χ2n) is 10.4. The number of rotatable bonds is 14. The number of benzene rings is 3. The van der Waals surface area contributed by atoms with E-state index in [1.807, 2.05) is 42.5 Å². The number of carbonyl (C=O) groups is 2. The van der Waals surface area contributed by atoms with Gasteiger partial charge in [0.2, 0.25) is 5.91 Å². The highest BCUT2D eigenvalue weighted by Gasteiger charge is 2.18. The number of aliphatic imine (C=N–C) groups is 1. The van der Waals surface area contributed by atoms with Crippen LogP contribution in [-0.4, -0.2) is 55.6 Å². The molecule has 0 atom stereocenters. The second-order valence-corrected chi connectivity index (χ2v) is 10.4. The third-order valence-electron chi connectivity index (χ3n) is 7.33. The Balaban J connectivity index is 0.00000506. The molecule has 2 amide bonds. The Bertz CT molecular complexity index is 1300. The van der Waals surface area contributed by atoms with Crippen LogP contribution >= 0.6 is 12.4 Å². The number of amidine groups is 1. The minimum Gasteiger partial charge on any atom is -0.494 e. The van der Waals surface area contributed by atoms with Crippen molar-refractivity contribution in [3.8, 4) is 11.5 Å². The molecule has 4 N–H and O–H groups in total. The van der Waals surface area contributed by atoms with Crippen LogP contribution in [-0.2, 0) is 11.3 Å². The fraction of sp³-hybridized carbons (Fsp3) is 0.364. The molecule has 43 heavy (non-hydrogen) atoms. The fourth-order valence-electron chi connectivity index (χ4n) is 4.89. The van der Waals surface area contributed by atoms with Gasteiger partial charge in [0.15, 0.2) is 0 Å². The van der Waals surface area contributed by atoms with Crippen molar-refractivity contribution in [2.75, 3.05) is 32.8 Å². The Morgan fingerprint density at radius 3 is 1.98 bits per heavy atom. The van der Waals surface area contributed by atoms with Crippen molar-refractivity contribution in [3.05, 3.63) is 95.6 Å². The molecule has 3 aromatic carbocycles. The van der Waals surface area contributed by atoms with Crippen molar-refractivity contribution in [1.82, 2.24) is 4.90 Å². The quantitative estimate of drug-likeness (QED) is 0.139. The number of amides is 2. The number of halogens is 1. The van der Waals surface area contributed by atoms with Gasteiger partial charge in [-0.15, -0.1) is 12.4 Å².